The van der Waals surface area contributed by atoms with Gasteiger partial charge < -0.3 is 14.2 Å². The lowest BCUT2D eigenvalue weighted by molar-refractivity contribution is -0.123. The first kappa shape index (κ1) is 23.2. The first-order valence-corrected chi connectivity index (χ1v) is 10.1. The Balaban J connectivity index is 1.83. The molecule has 2 N–H and O–H groups in total. The van der Waals surface area contributed by atoms with Crippen LogP contribution in [0.5, 0.6) is 11.5 Å². The van der Waals surface area contributed by atoms with E-state index in [-0.39, 0.29) is 12.2 Å². The van der Waals surface area contributed by atoms with E-state index >= 15 is 0 Å². The Kier molecular flexibility index (Phi) is 9.14. The summed E-state index contributed by atoms with van der Waals surface area (Å²) in [4.78, 5) is 36.0. The minimum atomic E-state index is -0.553. The van der Waals surface area contributed by atoms with Crippen molar-refractivity contribution in [2.75, 3.05) is 19.8 Å². The summed E-state index contributed by atoms with van der Waals surface area (Å²) in [5.41, 5.74) is 5.28. The molecule has 0 radical (unpaired) electrons. The van der Waals surface area contributed by atoms with Gasteiger partial charge in [0.15, 0.2) is 6.61 Å². The molecule has 9 heteroatoms. The molecule has 30 heavy (non-hydrogen) atoms. The molecule has 0 aliphatic carbocycles. The molecule has 0 unspecified atom stereocenters. The first-order valence-electron chi connectivity index (χ1n) is 9.36. The SMILES string of the molecule is CCCOC(=O)c1ccc(OCC(=O)NNC(=O)c2cc(Br)ccc2OCC)cc1. The molecule has 0 bridgehead atoms. The van der Waals surface area contributed by atoms with Crippen LogP contribution in [0.25, 0.3) is 0 Å². The van der Waals surface area contributed by atoms with Crippen LogP contribution in [0, 0.1) is 0 Å². The van der Waals surface area contributed by atoms with Crippen LogP contribution >= 0.6 is 15.9 Å². The Morgan fingerprint density at radius 3 is 2.37 bits per heavy atom. The van der Waals surface area contributed by atoms with Gasteiger partial charge in [-0.1, -0.05) is 22.9 Å². The number of rotatable bonds is 9. The van der Waals surface area contributed by atoms with Gasteiger partial charge in [-0.15, -0.1) is 0 Å². The summed E-state index contributed by atoms with van der Waals surface area (Å²) in [5.74, 6) is -0.691. The van der Waals surface area contributed by atoms with Crippen LogP contribution in [0.1, 0.15) is 41.0 Å². The number of halogens is 1. The van der Waals surface area contributed by atoms with Crippen LogP contribution in [-0.2, 0) is 9.53 Å². The number of amides is 2. The summed E-state index contributed by atoms with van der Waals surface area (Å²) in [6, 6.07) is 11.2. The normalized spacial score (nSPS) is 10.1. The highest BCUT2D eigenvalue weighted by molar-refractivity contribution is 9.10. The minimum absolute atomic E-state index is 0.276. The van der Waals surface area contributed by atoms with Gasteiger partial charge in [-0.3, -0.25) is 20.4 Å². The molecule has 8 nitrogen and oxygen atoms in total. The van der Waals surface area contributed by atoms with E-state index in [1.165, 1.54) is 0 Å². The number of benzene rings is 2. The van der Waals surface area contributed by atoms with E-state index in [2.05, 4.69) is 26.8 Å². The lowest BCUT2D eigenvalue weighted by atomic mass is 10.2. The Labute approximate surface area is 183 Å². The van der Waals surface area contributed by atoms with Gasteiger partial charge in [0.1, 0.15) is 11.5 Å². The topological polar surface area (TPSA) is 103 Å². The molecule has 0 aliphatic heterocycles. The van der Waals surface area contributed by atoms with Gasteiger partial charge in [0, 0.05) is 4.47 Å². The van der Waals surface area contributed by atoms with Crippen molar-refractivity contribution >= 4 is 33.7 Å². The fraction of sp³-hybridized carbons (Fsp3) is 0.286. The molecule has 2 aromatic rings. The molecule has 0 saturated carbocycles. The van der Waals surface area contributed by atoms with Gasteiger partial charge in [0.2, 0.25) is 0 Å². The second kappa shape index (κ2) is 11.8. The molecular weight excluding hydrogens is 456 g/mol. The fourth-order valence-electron chi connectivity index (χ4n) is 2.31. The predicted molar refractivity (Wildman–Crippen MR) is 113 cm³/mol. The molecule has 2 rings (SSSR count). The zero-order chi connectivity index (χ0) is 21.9. The first-order chi connectivity index (χ1) is 14.4. The number of hydrogen-bond acceptors (Lipinski definition) is 6. The Hall–Kier alpha value is -3.07. The van der Waals surface area contributed by atoms with E-state index < -0.39 is 17.8 Å². The molecule has 0 aliphatic rings. The van der Waals surface area contributed by atoms with E-state index in [9.17, 15) is 14.4 Å². The lowest BCUT2D eigenvalue weighted by Gasteiger charge is -2.12. The second-order valence-electron chi connectivity index (χ2n) is 6.02. The Morgan fingerprint density at radius 1 is 0.967 bits per heavy atom. The van der Waals surface area contributed by atoms with Crippen molar-refractivity contribution in [1.29, 1.82) is 0 Å². The van der Waals surface area contributed by atoms with Crippen molar-refractivity contribution in [3.05, 3.63) is 58.1 Å². The van der Waals surface area contributed by atoms with Gasteiger partial charge in [-0.25, -0.2) is 4.79 Å². The number of carbonyl (C=O) groups excluding carboxylic acids is 3. The highest BCUT2D eigenvalue weighted by Crippen LogP contribution is 2.23. The summed E-state index contributed by atoms with van der Waals surface area (Å²) in [6.07, 6.45) is 0.743. The maximum Gasteiger partial charge on any atom is 0.338 e. The van der Waals surface area contributed by atoms with Crippen LogP contribution in [0.3, 0.4) is 0 Å². The van der Waals surface area contributed by atoms with Crippen molar-refractivity contribution in [2.45, 2.75) is 20.3 Å². The van der Waals surface area contributed by atoms with Crippen molar-refractivity contribution < 1.29 is 28.6 Å². The van der Waals surface area contributed by atoms with E-state index in [1.54, 1.807) is 42.5 Å². The number of hydrogen-bond donors (Lipinski definition) is 2. The van der Waals surface area contributed by atoms with Crippen molar-refractivity contribution in [3.63, 3.8) is 0 Å². The van der Waals surface area contributed by atoms with Crippen LogP contribution in [0.15, 0.2) is 46.9 Å². The summed E-state index contributed by atoms with van der Waals surface area (Å²) >= 11 is 3.30. The molecule has 2 aromatic carbocycles. The molecule has 0 aromatic heterocycles. The fourth-order valence-corrected chi connectivity index (χ4v) is 2.67. The highest BCUT2D eigenvalue weighted by Gasteiger charge is 2.14. The summed E-state index contributed by atoms with van der Waals surface area (Å²) in [7, 11) is 0. The second-order valence-corrected chi connectivity index (χ2v) is 6.94. The minimum Gasteiger partial charge on any atom is -0.493 e. The predicted octanol–water partition coefficient (Wildman–Crippen LogP) is 3.25. The molecular formula is C21H23BrN2O6. The quantitative estimate of drug-likeness (QED) is 0.423. The Bertz CT molecular complexity index is 886. The number of esters is 1. The van der Waals surface area contributed by atoms with Crippen LogP contribution in [0.2, 0.25) is 0 Å². The van der Waals surface area contributed by atoms with Gasteiger partial charge in [-0.2, -0.15) is 0 Å². The van der Waals surface area contributed by atoms with E-state index in [1.807, 2.05) is 13.8 Å². The molecule has 160 valence electrons. The molecule has 0 spiro atoms. The molecule has 0 saturated heterocycles. The van der Waals surface area contributed by atoms with Crippen LogP contribution < -0.4 is 20.3 Å². The number of nitrogens with one attached hydrogen (secondary N) is 2. The summed E-state index contributed by atoms with van der Waals surface area (Å²) in [5, 5.41) is 0. The van der Waals surface area contributed by atoms with Gasteiger partial charge >= 0.3 is 5.97 Å². The largest absolute Gasteiger partial charge is 0.493 e. The third kappa shape index (κ3) is 7.07. The highest BCUT2D eigenvalue weighted by atomic mass is 79.9. The van der Waals surface area contributed by atoms with Gasteiger partial charge in [0.05, 0.1) is 24.3 Å². The van der Waals surface area contributed by atoms with Gasteiger partial charge in [-0.05, 0) is 55.8 Å². The summed E-state index contributed by atoms with van der Waals surface area (Å²) in [6.45, 7) is 4.15. The van der Waals surface area contributed by atoms with Crippen molar-refractivity contribution in [3.8, 4) is 11.5 Å². The monoisotopic (exact) mass is 478 g/mol. The zero-order valence-corrected chi connectivity index (χ0v) is 18.3. The van der Waals surface area contributed by atoms with Crippen molar-refractivity contribution in [1.82, 2.24) is 10.9 Å². The van der Waals surface area contributed by atoms with Gasteiger partial charge in [0.25, 0.3) is 11.8 Å². The van der Waals surface area contributed by atoms with Crippen molar-refractivity contribution in [2.24, 2.45) is 0 Å². The standard InChI is InChI=1S/C21H23BrN2O6/c1-3-11-29-21(27)14-5-8-16(9-6-14)30-13-19(25)23-24-20(26)17-12-15(22)7-10-18(17)28-4-2/h5-10,12H,3-4,11,13H2,1-2H3,(H,23,25)(H,24,26). The number of hydrazine groups is 1. The summed E-state index contributed by atoms with van der Waals surface area (Å²) < 4.78 is 16.5. The molecule has 2 amide bonds. The molecule has 0 fully saturated rings. The average molecular weight is 479 g/mol. The smallest absolute Gasteiger partial charge is 0.338 e. The van der Waals surface area contributed by atoms with Crippen LogP contribution in [0.4, 0.5) is 0 Å². The maximum atomic E-state index is 12.3. The van der Waals surface area contributed by atoms with E-state index in [0.29, 0.717) is 34.7 Å². The third-order valence-electron chi connectivity index (χ3n) is 3.70. The maximum absolute atomic E-state index is 12.3. The molecule has 0 heterocycles. The zero-order valence-electron chi connectivity index (χ0n) is 16.7. The lowest BCUT2D eigenvalue weighted by Crippen LogP contribution is -2.44. The van der Waals surface area contributed by atoms with Crippen LogP contribution in [-0.4, -0.2) is 37.6 Å². The number of ether oxygens (including phenoxy) is 3. The van der Waals surface area contributed by atoms with E-state index in [4.69, 9.17) is 14.2 Å². The average Bonchev–Trinajstić information content (AvgIpc) is 2.76. The molecule has 0 atom stereocenters. The number of carbonyl (C=O) groups is 3. The van der Waals surface area contributed by atoms with E-state index in [0.717, 1.165) is 6.42 Å². The third-order valence-corrected chi connectivity index (χ3v) is 4.19. The Morgan fingerprint density at radius 2 is 1.70 bits per heavy atom.